The summed E-state index contributed by atoms with van der Waals surface area (Å²) in [4.78, 5) is 2.68. The van der Waals surface area contributed by atoms with E-state index in [1.807, 2.05) is 6.07 Å². The molecule has 176 valence electrons. The van der Waals surface area contributed by atoms with Crippen LogP contribution < -0.4 is 0 Å². The zero-order valence-corrected chi connectivity index (χ0v) is 18.1. The van der Waals surface area contributed by atoms with E-state index in [9.17, 15) is 30.3 Å². The number of aliphatic hydroxyl groups is 1. The molecule has 1 aliphatic heterocycles. The number of hydrogen-bond acceptors (Lipinski definition) is 2. The van der Waals surface area contributed by atoms with E-state index in [2.05, 4.69) is 40.1 Å². The quantitative estimate of drug-likeness (QED) is 0.312. The molecule has 1 unspecified atom stereocenters. The zero-order chi connectivity index (χ0) is 22.6. The minimum Gasteiger partial charge on any atom is -0.392 e. The van der Waals surface area contributed by atoms with Crippen molar-refractivity contribution in [2.75, 3.05) is 19.7 Å². The molecule has 4 bridgehead atoms. The Balaban J connectivity index is 0.000000289. The van der Waals surface area contributed by atoms with E-state index in [-0.39, 0.29) is 12.6 Å². The van der Waals surface area contributed by atoms with Gasteiger partial charge in [-0.25, -0.2) is 0 Å². The maximum atomic E-state index is 9.98. The molecule has 1 aromatic rings. The Hall–Kier alpha value is -1.34. The van der Waals surface area contributed by atoms with Gasteiger partial charge >= 0.3 is 33.0 Å². The minimum absolute atomic E-state index is 0.102. The third kappa shape index (κ3) is 5.92. The second-order valence-electron chi connectivity index (χ2n) is 9.76. The largest absolute Gasteiger partial charge is 0.392 e. The molecule has 4 fully saturated rings. The molecule has 1 heterocycles. The zero-order valence-electron chi connectivity index (χ0n) is 17.2. The molecule has 0 aromatic heterocycles. The average Bonchev–Trinajstić information content (AvgIpc) is 3.10. The van der Waals surface area contributed by atoms with Crippen LogP contribution >= 0.6 is 7.81 Å². The summed E-state index contributed by atoms with van der Waals surface area (Å²) in [6, 6.07) is 10.6. The van der Waals surface area contributed by atoms with Crippen LogP contribution in [0.15, 0.2) is 30.3 Å². The van der Waals surface area contributed by atoms with E-state index in [1.54, 1.807) is 0 Å². The standard InChI is InChI=1S/C21H29N2O.F6P/c24-14-20(19-4-2-1-3-5-19)22-6-7-23(15-22)21-11-16-8-17(12-21)10-18(9-16)13-21;1-7(2,3,4,5)6/h1-5,15-18,20,24H,6-14H2;/q+1;-1. The van der Waals surface area contributed by atoms with Crippen LogP contribution in [0.25, 0.3) is 0 Å². The van der Waals surface area contributed by atoms with Gasteiger partial charge in [0.2, 0.25) is 6.34 Å². The second kappa shape index (κ2) is 7.08. The summed E-state index contributed by atoms with van der Waals surface area (Å²) in [6.45, 7) is 2.37. The number of halogens is 6. The summed E-state index contributed by atoms with van der Waals surface area (Å²) in [5.41, 5.74) is 1.67. The van der Waals surface area contributed by atoms with Gasteiger partial charge in [-0.3, -0.25) is 9.48 Å². The molecule has 0 spiro atoms. The van der Waals surface area contributed by atoms with Gasteiger partial charge in [-0.05, 0) is 61.8 Å². The molecule has 10 heteroatoms. The van der Waals surface area contributed by atoms with Crippen molar-refractivity contribution in [3.05, 3.63) is 35.9 Å². The molecule has 0 radical (unpaired) electrons. The molecule has 0 amide bonds. The minimum atomic E-state index is -10.7. The van der Waals surface area contributed by atoms with Gasteiger partial charge in [-0.15, -0.1) is 0 Å². The second-order valence-corrected chi connectivity index (χ2v) is 11.7. The molecule has 1 atom stereocenters. The van der Waals surface area contributed by atoms with Crippen molar-refractivity contribution in [3.63, 3.8) is 0 Å². The van der Waals surface area contributed by atoms with Crippen molar-refractivity contribution in [1.29, 1.82) is 0 Å². The van der Waals surface area contributed by atoms with Crippen LogP contribution in [0.4, 0.5) is 25.2 Å². The van der Waals surface area contributed by atoms with Crippen molar-refractivity contribution in [1.82, 2.24) is 4.90 Å². The number of nitrogens with zero attached hydrogens (tertiary/aromatic N) is 2. The molecule has 5 aliphatic rings. The topological polar surface area (TPSA) is 26.5 Å². The Bertz CT molecular complexity index is 796. The van der Waals surface area contributed by atoms with Gasteiger partial charge in [0.25, 0.3) is 0 Å². The monoisotopic (exact) mass is 470 g/mol. The van der Waals surface area contributed by atoms with Crippen LogP contribution in [-0.4, -0.2) is 46.2 Å². The Morgan fingerprint density at radius 2 is 1.42 bits per heavy atom. The molecular formula is C21H29F6N2OP. The van der Waals surface area contributed by atoms with E-state index in [4.69, 9.17) is 0 Å². The summed E-state index contributed by atoms with van der Waals surface area (Å²) < 4.78 is 61.6. The maximum absolute atomic E-state index is 10.7. The molecule has 4 saturated carbocycles. The van der Waals surface area contributed by atoms with Crippen molar-refractivity contribution in [3.8, 4) is 0 Å². The number of hydrogen-bond donors (Lipinski definition) is 1. The third-order valence-electron chi connectivity index (χ3n) is 7.26. The Labute approximate surface area is 178 Å². The normalized spacial score (nSPS) is 35.0. The van der Waals surface area contributed by atoms with E-state index in [0.717, 1.165) is 30.8 Å². The summed E-state index contributed by atoms with van der Waals surface area (Å²) in [5.74, 6) is 2.96. The van der Waals surface area contributed by atoms with Gasteiger partial charge in [0.05, 0.1) is 6.61 Å². The van der Waals surface area contributed by atoms with Gasteiger partial charge in [0.1, 0.15) is 24.7 Å². The fourth-order valence-corrected chi connectivity index (χ4v) is 6.61. The van der Waals surface area contributed by atoms with Crippen LogP contribution in [-0.2, 0) is 0 Å². The van der Waals surface area contributed by atoms with Crippen LogP contribution in [0.2, 0.25) is 0 Å². The van der Waals surface area contributed by atoms with E-state index in [1.165, 1.54) is 44.1 Å². The van der Waals surface area contributed by atoms with Crippen LogP contribution in [0, 0.1) is 17.8 Å². The summed E-state index contributed by atoms with van der Waals surface area (Å²) in [5, 5.41) is 9.98. The summed E-state index contributed by atoms with van der Waals surface area (Å²) in [7, 11) is -10.7. The van der Waals surface area contributed by atoms with Crippen molar-refractivity contribution in [2.45, 2.75) is 50.1 Å². The van der Waals surface area contributed by atoms with Crippen molar-refractivity contribution in [2.24, 2.45) is 17.8 Å². The Morgan fingerprint density at radius 1 is 0.935 bits per heavy atom. The number of aliphatic hydroxyl groups excluding tert-OH is 1. The molecule has 31 heavy (non-hydrogen) atoms. The van der Waals surface area contributed by atoms with Crippen LogP contribution in [0.1, 0.15) is 50.1 Å². The fraction of sp³-hybridized carbons (Fsp3) is 0.667. The predicted molar refractivity (Wildman–Crippen MR) is 109 cm³/mol. The van der Waals surface area contributed by atoms with Gasteiger partial charge in [-0.1, -0.05) is 30.3 Å². The van der Waals surface area contributed by atoms with Crippen LogP contribution in [0.3, 0.4) is 0 Å². The molecule has 1 aromatic carbocycles. The maximum Gasteiger partial charge on any atom is 0.235 e. The van der Waals surface area contributed by atoms with Gasteiger partial charge in [-0.2, -0.15) is 0 Å². The Morgan fingerprint density at radius 3 is 1.87 bits per heavy atom. The SMILES string of the molecule is F[P-](F)(F)(F)(F)F.OCC(c1ccccc1)[N+]1=CN(C23CC4CC(CC(C4)C2)C3)CC1. The van der Waals surface area contributed by atoms with Crippen molar-refractivity contribution >= 4 is 14.1 Å². The van der Waals surface area contributed by atoms with Gasteiger partial charge in [0, 0.05) is 0 Å². The van der Waals surface area contributed by atoms with E-state index in [0.29, 0.717) is 5.54 Å². The third-order valence-corrected chi connectivity index (χ3v) is 7.26. The molecule has 4 aliphatic carbocycles. The smallest absolute Gasteiger partial charge is 0.235 e. The van der Waals surface area contributed by atoms with Crippen LogP contribution in [0.5, 0.6) is 0 Å². The number of benzene rings is 1. The molecule has 0 saturated heterocycles. The summed E-state index contributed by atoms with van der Waals surface area (Å²) >= 11 is 0. The first-order valence-electron chi connectivity index (χ1n) is 10.8. The fourth-order valence-electron chi connectivity index (χ4n) is 6.61. The van der Waals surface area contributed by atoms with Crippen molar-refractivity contribution < 1.29 is 34.9 Å². The van der Waals surface area contributed by atoms with Gasteiger partial charge < -0.3 is 5.11 Å². The number of rotatable bonds is 4. The predicted octanol–water partition coefficient (Wildman–Crippen LogP) is 6.43. The first-order valence-corrected chi connectivity index (χ1v) is 12.8. The Kier molecular flexibility index (Phi) is 5.21. The van der Waals surface area contributed by atoms with E-state index < -0.39 is 7.81 Å². The van der Waals surface area contributed by atoms with Gasteiger partial charge in [0.15, 0.2) is 0 Å². The first kappa shape index (κ1) is 22.8. The molecule has 1 N–H and O–H groups in total. The molecular weight excluding hydrogens is 441 g/mol. The average molecular weight is 470 g/mol. The summed E-state index contributed by atoms with van der Waals surface area (Å²) in [6.07, 6.45) is 11.1. The van der Waals surface area contributed by atoms with E-state index >= 15 is 0 Å². The molecule has 6 rings (SSSR count). The molecule has 3 nitrogen and oxygen atoms in total. The first-order chi connectivity index (χ1) is 14.2.